The number of alkyl halides is 3. The minimum atomic E-state index is -4.29. The van der Waals surface area contributed by atoms with Crippen molar-refractivity contribution in [2.24, 2.45) is 5.92 Å². The summed E-state index contributed by atoms with van der Waals surface area (Å²) in [5.74, 6) is -0.931. The smallest absolute Gasteiger partial charge is 0.391 e. The molecule has 2 aromatic carbocycles. The second-order valence-corrected chi connectivity index (χ2v) is 9.88. The standard InChI is InChI=1S/C22H23F3N2O5S/c23-22(24,25)16-4-2-5-17(11-16)27-21(28)15-3-1-6-18(10-15)33(29,30)26-12-14-7-8-19-20(9-14)32-13-31-19/h1,3,6-10,16-17,26H,2,4-5,11-13H2,(H,27,28). The quantitative estimate of drug-likeness (QED) is 0.652. The molecule has 1 saturated carbocycles. The van der Waals surface area contributed by atoms with Crippen molar-refractivity contribution in [3.05, 3.63) is 53.6 Å². The highest BCUT2D eigenvalue weighted by atomic mass is 32.2. The zero-order chi connectivity index (χ0) is 23.6. The molecule has 11 heteroatoms. The van der Waals surface area contributed by atoms with Crippen LogP contribution in [0.4, 0.5) is 13.2 Å². The molecule has 33 heavy (non-hydrogen) atoms. The van der Waals surface area contributed by atoms with E-state index in [0.717, 1.165) is 0 Å². The van der Waals surface area contributed by atoms with Crippen molar-refractivity contribution in [1.82, 2.24) is 10.0 Å². The van der Waals surface area contributed by atoms with Crippen molar-refractivity contribution >= 4 is 15.9 Å². The van der Waals surface area contributed by atoms with Gasteiger partial charge in [-0.1, -0.05) is 18.6 Å². The number of hydrogen-bond acceptors (Lipinski definition) is 5. The second-order valence-electron chi connectivity index (χ2n) is 8.12. The number of amides is 1. The fourth-order valence-electron chi connectivity index (χ4n) is 4.00. The number of carbonyl (C=O) groups excluding carboxylic acids is 1. The summed E-state index contributed by atoms with van der Waals surface area (Å²) in [5.41, 5.74) is 0.725. The summed E-state index contributed by atoms with van der Waals surface area (Å²) >= 11 is 0. The van der Waals surface area contributed by atoms with Gasteiger partial charge in [-0.3, -0.25) is 4.79 Å². The van der Waals surface area contributed by atoms with E-state index >= 15 is 0 Å². The summed E-state index contributed by atoms with van der Waals surface area (Å²) < 4.78 is 77.5. The average molecular weight is 484 g/mol. The Morgan fingerprint density at radius 1 is 1.06 bits per heavy atom. The Kier molecular flexibility index (Phi) is 6.53. The first-order chi connectivity index (χ1) is 15.6. The second kappa shape index (κ2) is 9.22. The van der Waals surface area contributed by atoms with E-state index in [1.807, 2.05) is 0 Å². The zero-order valence-electron chi connectivity index (χ0n) is 17.5. The summed E-state index contributed by atoms with van der Waals surface area (Å²) in [5, 5.41) is 2.62. The molecule has 2 atom stereocenters. The lowest BCUT2D eigenvalue weighted by Gasteiger charge is -2.31. The first-order valence-electron chi connectivity index (χ1n) is 10.5. The molecule has 1 aliphatic carbocycles. The molecule has 7 nitrogen and oxygen atoms in total. The third-order valence-electron chi connectivity index (χ3n) is 5.78. The summed E-state index contributed by atoms with van der Waals surface area (Å²) in [6.45, 7) is 0.105. The Morgan fingerprint density at radius 2 is 1.85 bits per heavy atom. The summed E-state index contributed by atoms with van der Waals surface area (Å²) in [6.07, 6.45) is -3.59. The number of hydrogen-bond donors (Lipinski definition) is 2. The lowest BCUT2D eigenvalue weighted by atomic mass is 9.85. The van der Waals surface area contributed by atoms with Crippen LogP contribution < -0.4 is 19.5 Å². The van der Waals surface area contributed by atoms with Crippen LogP contribution in [0.15, 0.2) is 47.4 Å². The van der Waals surface area contributed by atoms with Gasteiger partial charge in [0.2, 0.25) is 16.8 Å². The van der Waals surface area contributed by atoms with E-state index in [9.17, 15) is 26.4 Å². The molecule has 1 aliphatic heterocycles. The van der Waals surface area contributed by atoms with Crippen LogP contribution in [-0.2, 0) is 16.6 Å². The molecule has 1 amide bonds. The first-order valence-corrected chi connectivity index (χ1v) is 12.0. The van der Waals surface area contributed by atoms with Gasteiger partial charge in [-0.2, -0.15) is 13.2 Å². The van der Waals surface area contributed by atoms with E-state index in [0.29, 0.717) is 29.9 Å². The predicted molar refractivity (Wildman–Crippen MR) is 112 cm³/mol. The molecule has 2 N–H and O–H groups in total. The molecular weight excluding hydrogens is 461 g/mol. The van der Waals surface area contributed by atoms with E-state index in [2.05, 4.69) is 10.0 Å². The number of benzene rings is 2. The summed E-state index contributed by atoms with van der Waals surface area (Å²) in [4.78, 5) is 12.5. The van der Waals surface area contributed by atoms with Gasteiger partial charge >= 0.3 is 6.18 Å². The van der Waals surface area contributed by atoms with Crippen LogP contribution in [0.1, 0.15) is 41.6 Å². The van der Waals surface area contributed by atoms with Crippen molar-refractivity contribution in [3.63, 3.8) is 0 Å². The zero-order valence-corrected chi connectivity index (χ0v) is 18.3. The van der Waals surface area contributed by atoms with Crippen molar-refractivity contribution < 1.29 is 35.9 Å². The molecule has 0 spiro atoms. The van der Waals surface area contributed by atoms with Crippen LogP contribution in [-0.4, -0.2) is 33.3 Å². The largest absolute Gasteiger partial charge is 0.454 e. The maximum atomic E-state index is 13.0. The molecule has 0 bridgehead atoms. The minimum Gasteiger partial charge on any atom is -0.454 e. The van der Waals surface area contributed by atoms with Gasteiger partial charge in [0.15, 0.2) is 11.5 Å². The Hall–Kier alpha value is -2.79. The Bertz CT molecular complexity index is 1140. The molecule has 178 valence electrons. The number of fused-ring (bicyclic) bond motifs is 1. The van der Waals surface area contributed by atoms with Crippen LogP contribution in [0.3, 0.4) is 0 Å². The Labute approximate surface area is 189 Å². The third kappa shape index (κ3) is 5.59. The number of halogens is 3. The highest BCUT2D eigenvalue weighted by Gasteiger charge is 2.42. The van der Waals surface area contributed by atoms with Crippen molar-refractivity contribution in [2.45, 2.75) is 49.3 Å². The molecular formula is C22H23F3N2O5S. The molecule has 1 fully saturated rings. The number of sulfonamides is 1. The van der Waals surface area contributed by atoms with E-state index < -0.39 is 34.1 Å². The summed E-state index contributed by atoms with van der Waals surface area (Å²) in [6, 6.07) is 9.86. The minimum absolute atomic E-state index is 0.00367. The normalized spacial score (nSPS) is 20.5. The van der Waals surface area contributed by atoms with Crippen LogP contribution >= 0.6 is 0 Å². The molecule has 0 saturated heterocycles. The van der Waals surface area contributed by atoms with Gasteiger partial charge in [-0.25, -0.2) is 13.1 Å². The van der Waals surface area contributed by atoms with Gasteiger partial charge in [0.1, 0.15) is 0 Å². The maximum absolute atomic E-state index is 13.0. The highest BCUT2D eigenvalue weighted by molar-refractivity contribution is 7.89. The molecule has 2 unspecified atom stereocenters. The van der Waals surface area contributed by atoms with Gasteiger partial charge in [-0.15, -0.1) is 0 Å². The lowest BCUT2D eigenvalue weighted by molar-refractivity contribution is -0.183. The van der Waals surface area contributed by atoms with Gasteiger partial charge < -0.3 is 14.8 Å². The number of ether oxygens (including phenoxy) is 2. The first kappa shape index (κ1) is 23.4. The van der Waals surface area contributed by atoms with Crippen LogP contribution in [0.5, 0.6) is 11.5 Å². The molecule has 4 rings (SSSR count). The molecule has 0 radical (unpaired) electrons. The van der Waals surface area contributed by atoms with Gasteiger partial charge in [0, 0.05) is 18.2 Å². The van der Waals surface area contributed by atoms with E-state index in [4.69, 9.17) is 9.47 Å². The van der Waals surface area contributed by atoms with Gasteiger partial charge in [0.05, 0.1) is 10.8 Å². The van der Waals surface area contributed by atoms with Crippen LogP contribution in [0.25, 0.3) is 0 Å². The van der Waals surface area contributed by atoms with Crippen molar-refractivity contribution in [1.29, 1.82) is 0 Å². The lowest BCUT2D eigenvalue weighted by Crippen LogP contribution is -2.41. The maximum Gasteiger partial charge on any atom is 0.391 e. The summed E-state index contributed by atoms with van der Waals surface area (Å²) in [7, 11) is -3.94. The van der Waals surface area contributed by atoms with Crippen molar-refractivity contribution in [3.8, 4) is 11.5 Å². The molecule has 2 aromatic rings. The molecule has 2 aliphatic rings. The van der Waals surface area contributed by atoms with Gasteiger partial charge in [0.25, 0.3) is 5.91 Å². The third-order valence-corrected chi connectivity index (χ3v) is 7.18. The van der Waals surface area contributed by atoms with E-state index in [1.54, 1.807) is 18.2 Å². The van der Waals surface area contributed by atoms with E-state index in [-0.39, 0.29) is 36.6 Å². The fourth-order valence-corrected chi connectivity index (χ4v) is 5.07. The Morgan fingerprint density at radius 3 is 2.64 bits per heavy atom. The Balaban J connectivity index is 1.40. The number of nitrogens with one attached hydrogen (secondary N) is 2. The predicted octanol–water partition coefficient (Wildman–Crippen LogP) is 3.74. The van der Waals surface area contributed by atoms with Crippen LogP contribution in [0, 0.1) is 5.92 Å². The van der Waals surface area contributed by atoms with Gasteiger partial charge in [-0.05, 0) is 55.2 Å². The average Bonchev–Trinajstić information content (AvgIpc) is 3.25. The van der Waals surface area contributed by atoms with Crippen molar-refractivity contribution in [2.75, 3.05) is 6.79 Å². The SMILES string of the molecule is O=C(NC1CCCC(C(F)(F)F)C1)c1cccc(S(=O)(=O)NCc2ccc3c(c2)OCO3)c1. The number of rotatable bonds is 6. The van der Waals surface area contributed by atoms with Crippen LogP contribution in [0.2, 0.25) is 0 Å². The molecule has 1 heterocycles. The molecule has 0 aromatic heterocycles. The van der Waals surface area contributed by atoms with E-state index in [1.165, 1.54) is 24.3 Å². The monoisotopic (exact) mass is 484 g/mol. The fraction of sp³-hybridized carbons (Fsp3) is 0.409. The highest BCUT2D eigenvalue weighted by Crippen LogP contribution is 2.37. The topological polar surface area (TPSA) is 93.7 Å². The number of carbonyl (C=O) groups is 1.